The number of carbonyl (C=O) groups is 4. The molecule has 0 radical (unpaired) electrons. The molecule has 2 aliphatic heterocycles. The number of nitrogens with zero attached hydrogens (tertiary/aromatic N) is 2. The first-order valence-corrected chi connectivity index (χ1v) is 10.2. The number of hydrogen-bond donors (Lipinski definition) is 3. The fraction of sp³-hybridized carbons (Fsp3) is 0.273. The molecule has 2 aromatic carbocycles. The molecule has 0 aromatic heterocycles. The molecule has 31 heavy (non-hydrogen) atoms. The van der Waals surface area contributed by atoms with E-state index in [1.807, 2.05) is 0 Å². The summed E-state index contributed by atoms with van der Waals surface area (Å²) in [5, 5.41) is 8.04. The number of carbonyl (C=O) groups excluding carboxylic acids is 4. The Morgan fingerprint density at radius 1 is 0.968 bits per heavy atom. The predicted octanol–water partition coefficient (Wildman–Crippen LogP) is 1.71. The van der Waals surface area contributed by atoms with Gasteiger partial charge >= 0.3 is 6.03 Å². The summed E-state index contributed by atoms with van der Waals surface area (Å²) in [6.45, 7) is 1.64. The van der Waals surface area contributed by atoms with E-state index in [0.29, 0.717) is 43.0 Å². The molecule has 2 aliphatic rings. The predicted molar refractivity (Wildman–Crippen MR) is 116 cm³/mol. The van der Waals surface area contributed by atoms with Gasteiger partial charge in [0.25, 0.3) is 5.91 Å². The van der Waals surface area contributed by atoms with Crippen molar-refractivity contribution in [3.05, 3.63) is 54.1 Å². The second-order valence-corrected chi connectivity index (χ2v) is 7.36. The van der Waals surface area contributed by atoms with Crippen LogP contribution in [0.4, 0.5) is 21.9 Å². The van der Waals surface area contributed by atoms with Crippen molar-refractivity contribution < 1.29 is 19.2 Å². The second-order valence-electron chi connectivity index (χ2n) is 7.36. The fourth-order valence-corrected chi connectivity index (χ4v) is 3.65. The van der Waals surface area contributed by atoms with Crippen molar-refractivity contribution in [1.82, 2.24) is 10.6 Å². The number of rotatable bonds is 6. The first kappa shape index (κ1) is 20.4. The van der Waals surface area contributed by atoms with Gasteiger partial charge in [-0.15, -0.1) is 0 Å². The van der Waals surface area contributed by atoms with Gasteiger partial charge < -0.3 is 20.9 Å². The SMILES string of the molecule is O=C(CNC(=O)c1ccc(N2CCCC2=O)cc1)Nc1cccc(N2CCNC2=O)c1. The van der Waals surface area contributed by atoms with Gasteiger partial charge in [0, 0.05) is 48.7 Å². The summed E-state index contributed by atoms with van der Waals surface area (Å²) >= 11 is 0. The maximum Gasteiger partial charge on any atom is 0.321 e. The number of urea groups is 1. The molecule has 4 rings (SSSR count). The van der Waals surface area contributed by atoms with Crippen LogP contribution < -0.4 is 25.8 Å². The molecule has 0 spiro atoms. The van der Waals surface area contributed by atoms with E-state index in [1.165, 1.54) is 0 Å². The van der Waals surface area contributed by atoms with Crippen molar-refractivity contribution in [3.8, 4) is 0 Å². The average molecular weight is 421 g/mol. The summed E-state index contributed by atoms with van der Waals surface area (Å²) < 4.78 is 0. The van der Waals surface area contributed by atoms with E-state index in [-0.39, 0.29) is 30.3 Å². The first-order chi connectivity index (χ1) is 15.0. The minimum atomic E-state index is -0.379. The number of benzene rings is 2. The molecule has 2 heterocycles. The van der Waals surface area contributed by atoms with Crippen LogP contribution in [0.25, 0.3) is 0 Å². The first-order valence-electron chi connectivity index (χ1n) is 10.2. The van der Waals surface area contributed by atoms with Crippen molar-refractivity contribution in [1.29, 1.82) is 0 Å². The lowest BCUT2D eigenvalue weighted by molar-refractivity contribution is -0.117. The van der Waals surface area contributed by atoms with E-state index in [0.717, 1.165) is 12.1 Å². The second kappa shape index (κ2) is 8.86. The lowest BCUT2D eigenvalue weighted by atomic mass is 10.2. The van der Waals surface area contributed by atoms with Gasteiger partial charge in [-0.25, -0.2) is 4.79 Å². The van der Waals surface area contributed by atoms with Crippen LogP contribution in [-0.4, -0.2) is 49.9 Å². The monoisotopic (exact) mass is 421 g/mol. The molecule has 2 saturated heterocycles. The summed E-state index contributed by atoms with van der Waals surface area (Å²) in [4.78, 5) is 51.5. The molecule has 0 saturated carbocycles. The summed E-state index contributed by atoms with van der Waals surface area (Å²) in [6.07, 6.45) is 1.38. The minimum Gasteiger partial charge on any atom is -0.343 e. The lowest BCUT2D eigenvalue weighted by Crippen LogP contribution is -2.33. The third-order valence-electron chi connectivity index (χ3n) is 5.22. The topological polar surface area (TPSA) is 111 Å². The van der Waals surface area contributed by atoms with Crippen LogP contribution in [0.1, 0.15) is 23.2 Å². The molecular weight excluding hydrogens is 398 g/mol. The van der Waals surface area contributed by atoms with Crippen LogP contribution in [0.2, 0.25) is 0 Å². The zero-order valence-electron chi connectivity index (χ0n) is 16.9. The summed E-state index contributed by atoms with van der Waals surface area (Å²) in [5.41, 5.74) is 2.40. The van der Waals surface area contributed by atoms with Crippen molar-refractivity contribution in [2.45, 2.75) is 12.8 Å². The lowest BCUT2D eigenvalue weighted by Gasteiger charge is -2.16. The van der Waals surface area contributed by atoms with E-state index >= 15 is 0 Å². The zero-order valence-corrected chi connectivity index (χ0v) is 16.9. The molecule has 0 aliphatic carbocycles. The molecule has 9 heteroatoms. The van der Waals surface area contributed by atoms with E-state index in [9.17, 15) is 19.2 Å². The quantitative estimate of drug-likeness (QED) is 0.659. The minimum absolute atomic E-state index is 0.0864. The molecule has 0 atom stereocenters. The Morgan fingerprint density at radius 3 is 2.45 bits per heavy atom. The Balaban J connectivity index is 1.30. The van der Waals surface area contributed by atoms with Gasteiger partial charge in [0.15, 0.2) is 0 Å². The van der Waals surface area contributed by atoms with Gasteiger partial charge in [0.05, 0.1) is 6.54 Å². The molecule has 160 valence electrons. The number of hydrogen-bond acceptors (Lipinski definition) is 4. The average Bonchev–Trinajstić information content (AvgIpc) is 3.40. The molecule has 5 amide bonds. The van der Waals surface area contributed by atoms with Gasteiger partial charge in [0.1, 0.15) is 0 Å². The van der Waals surface area contributed by atoms with Gasteiger partial charge in [-0.05, 0) is 48.9 Å². The maximum absolute atomic E-state index is 12.3. The normalized spacial score (nSPS) is 15.7. The highest BCUT2D eigenvalue weighted by Crippen LogP contribution is 2.22. The van der Waals surface area contributed by atoms with Gasteiger partial charge in [-0.3, -0.25) is 19.3 Å². The number of amides is 5. The fourth-order valence-electron chi connectivity index (χ4n) is 3.65. The summed E-state index contributed by atoms with van der Waals surface area (Å²) in [7, 11) is 0. The third-order valence-corrected chi connectivity index (χ3v) is 5.22. The van der Waals surface area contributed by atoms with Crippen LogP contribution in [0, 0.1) is 0 Å². The van der Waals surface area contributed by atoms with Gasteiger partial charge in [0.2, 0.25) is 11.8 Å². The standard InChI is InChI=1S/C22H23N5O4/c28-19(25-16-3-1-4-18(13-16)27-12-10-23-22(27)31)14-24-21(30)15-6-8-17(9-7-15)26-11-2-5-20(26)29/h1,3-4,6-9,13H,2,5,10-12,14H2,(H,23,31)(H,24,30)(H,25,28). The third kappa shape index (κ3) is 4.66. The zero-order chi connectivity index (χ0) is 21.8. The molecule has 2 aromatic rings. The van der Waals surface area contributed by atoms with Crippen molar-refractivity contribution in [2.75, 3.05) is 41.3 Å². The van der Waals surface area contributed by atoms with Gasteiger partial charge in [-0.2, -0.15) is 0 Å². The van der Waals surface area contributed by atoms with E-state index in [1.54, 1.807) is 58.3 Å². The Bertz CT molecular complexity index is 1020. The highest BCUT2D eigenvalue weighted by molar-refractivity contribution is 6.01. The van der Waals surface area contributed by atoms with Crippen molar-refractivity contribution in [3.63, 3.8) is 0 Å². The Morgan fingerprint density at radius 2 is 1.77 bits per heavy atom. The highest BCUT2D eigenvalue weighted by Gasteiger charge is 2.22. The van der Waals surface area contributed by atoms with Crippen LogP contribution in [0.5, 0.6) is 0 Å². The van der Waals surface area contributed by atoms with Crippen molar-refractivity contribution in [2.24, 2.45) is 0 Å². The van der Waals surface area contributed by atoms with E-state index < -0.39 is 0 Å². The Kier molecular flexibility index (Phi) is 5.83. The maximum atomic E-state index is 12.3. The number of nitrogens with one attached hydrogen (secondary N) is 3. The van der Waals surface area contributed by atoms with Crippen LogP contribution in [0.15, 0.2) is 48.5 Å². The van der Waals surface area contributed by atoms with Gasteiger partial charge in [-0.1, -0.05) is 6.07 Å². The van der Waals surface area contributed by atoms with Crippen LogP contribution >= 0.6 is 0 Å². The summed E-state index contributed by atoms with van der Waals surface area (Å²) in [6, 6.07) is 13.5. The summed E-state index contributed by atoms with van der Waals surface area (Å²) in [5.74, 6) is -0.670. The number of anilines is 3. The molecule has 9 nitrogen and oxygen atoms in total. The van der Waals surface area contributed by atoms with Crippen LogP contribution in [-0.2, 0) is 9.59 Å². The molecule has 0 bridgehead atoms. The smallest absolute Gasteiger partial charge is 0.321 e. The molecule has 0 unspecified atom stereocenters. The molecule has 2 fully saturated rings. The Labute approximate surface area is 179 Å². The highest BCUT2D eigenvalue weighted by atomic mass is 16.2. The van der Waals surface area contributed by atoms with Crippen LogP contribution in [0.3, 0.4) is 0 Å². The van der Waals surface area contributed by atoms with E-state index in [4.69, 9.17) is 0 Å². The van der Waals surface area contributed by atoms with E-state index in [2.05, 4.69) is 16.0 Å². The van der Waals surface area contributed by atoms with Crippen molar-refractivity contribution >= 4 is 40.8 Å². The molecule has 3 N–H and O–H groups in total. The largest absolute Gasteiger partial charge is 0.343 e. The molecular formula is C22H23N5O4. The Hall–Kier alpha value is -3.88.